The van der Waals surface area contributed by atoms with Gasteiger partial charge in [-0.2, -0.15) is 0 Å². The number of amidine groups is 1. The van der Waals surface area contributed by atoms with Gasteiger partial charge in [-0.15, -0.1) is 0 Å². The van der Waals surface area contributed by atoms with E-state index in [9.17, 15) is 4.79 Å². The molecule has 5 nitrogen and oxygen atoms in total. The van der Waals surface area contributed by atoms with Crippen LogP contribution >= 0.6 is 0 Å². The number of hydrogen-bond acceptors (Lipinski definition) is 3. The van der Waals surface area contributed by atoms with Crippen LogP contribution in [0.4, 0.5) is 5.69 Å². The van der Waals surface area contributed by atoms with Crippen LogP contribution in [0.5, 0.6) is 0 Å². The zero-order valence-electron chi connectivity index (χ0n) is 13.2. The third kappa shape index (κ3) is 3.54. The molecule has 0 saturated carbocycles. The smallest absolute Gasteiger partial charge is 0.238 e. The maximum absolute atomic E-state index is 12.5. The molecule has 0 saturated heterocycles. The second-order valence-electron chi connectivity index (χ2n) is 5.51. The van der Waals surface area contributed by atoms with Crippen LogP contribution in [0.3, 0.4) is 0 Å². The highest BCUT2D eigenvalue weighted by atomic mass is 16.4. The molecule has 5 heteroatoms. The van der Waals surface area contributed by atoms with Crippen molar-refractivity contribution in [3.63, 3.8) is 0 Å². The first kappa shape index (κ1) is 17.0. The number of carbonyl (C=O) groups excluding carboxylic acids is 1. The summed E-state index contributed by atoms with van der Waals surface area (Å²) in [6.07, 6.45) is 0.935. The molecule has 1 amide bonds. The molecule has 0 atom stereocenters. The van der Waals surface area contributed by atoms with E-state index < -0.39 is 5.41 Å². The molecule has 21 heavy (non-hydrogen) atoms. The molecule has 0 bridgehead atoms. The van der Waals surface area contributed by atoms with Crippen LogP contribution in [0.2, 0.25) is 0 Å². The van der Waals surface area contributed by atoms with Crippen LogP contribution in [0.25, 0.3) is 0 Å². The molecule has 0 unspecified atom stereocenters. The van der Waals surface area contributed by atoms with Crippen molar-refractivity contribution >= 4 is 17.4 Å². The third-order valence-corrected chi connectivity index (χ3v) is 4.08. The maximum atomic E-state index is 12.5. The standard InChI is InChI=1S/C16H25N3O2/c1-5-16(6-2,14(17)19-21)15(20)18-13-9-7-12(8-10-13)11(3)4/h7-11,21H,5-6H2,1-4H3,(H2,17,19)(H,18,20). The minimum absolute atomic E-state index is 0.0520. The van der Waals surface area contributed by atoms with Gasteiger partial charge in [0, 0.05) is 5.69 Å². The molecule has 0 aliphatic rings. The molecule has 0 fully saturated rings. The van der Waals surface area contributed by atoms with Gasteiger partial charge in [0.2, 0.25) is 5.91 Å². The Bertz CT molecular complexity index is 503. The molecular formula is C16H25N3O2. The number of nitrogens with zero attached hydrogens (tertiary/aromatic N) is 1. The number of nitrogens with two attached hydrogens (primary N) is 1. The Labute approximate surface area is 126 Å². The first-order valence-electron chi connectivity index (χ1n) is 7.30. The number of hydrogen-bond donors (Lipinski definition) is 3. The summed E-state index contributed by atoms with van der Waals surface area (Å²) in [6, 6.07) is 7.72. The number of amides is 1. The SMILES string of the molecule is CCC(CC)(C(=O)Nc1ccc(C(C)C)cc1)C(N)=NO. The first-order valence-corrected chi connectivity index (χ1v) is 7.30. The second kappa shape index (κ2) is 7.11. The minimum atomic E-state index is -0.981. The van der Waals surface area contributed by atoms with Crippen molar-refractivity contribution in [2.24, 2.45) is 16.3 Å². The highest BCUT2D eigenvalue weighted by Crippen LogP contribution is 2.29. The van der Waals surface area contributed by atoms with Gasteiger partial charge in [-0.05, 0) is 36.5 Å². The summed E-state index contributed by atoms with van der Waals surface area (Å²) in [6.45, 7) is 7.93. The zero-order valence-corrected chi connectivity index (χ0v) is 13.2. The fourth-order valence-electron chi connectivity index (χ4n) is 2.35. The molecule has 0 spiro atoms. The summed E-state index contributed by atoms with van der Waals surface area (Å²) in [7, 11) is 0. The number of carbonyl (C=O) groups is 1. The van der Waals surface area contributed by atoms with Crippen molar-refractivity contribution in [3.05, 3.63) is 29.8 Å². The third-order valence-electron chi connectivity index (χ3n) is 4.08. The lowest BCUT2D eigenvalue weighted by atomic mass is 9.80. The number of nitrogens with one attached hydrogen (secondary N) is 1. The topological polar surface area (TPSA) is 87.7 Å². The van der Waals surface area contributed by atoms with Crippen molar-refractivity contribution in [2.45, 2.75) is 46.5 Å². The maximum Gasteiger partial charge on any atom is 0.238 e. The van der Waals surface area contributed by atoms with E-state index in [1.807, 2.05) is 38.1 Å². The van der Waals surface area contributed by atoms with Crippen molar-refractivity contribution in [1.82, 2.24) is 0 Å². The van der Waals surface area contributed by atoms with Crippen LogP contribution in [0.15, 0.2) is 29.4 Å². The minimum Gasteiger partial charge on any atom is -0.409 e. The fourth-order valence-corrected chi connectivity index (χ4v) is 2.35. The van der Waals surface area contributed by atoms with Gasteiger partial charge in [0.15, 0.2) is 5.84 Å². The summed E-state index contributed by atoms with van der Waals surface area (Å²) >= 11 is 0. The van der Waals surface area contributed by atoms with Crippen molar-refractivity contribution in [2.75, 3.05) is 5.32 Å². The van der Waals surface area contributed by atoms with E-state index >= 15 is 0 Å². The molecule has 0 aliphatic carbocycles. The van der Waals surface area contributed by atoms with Gasteiger partial charge in [-0.25, -0.2) is 0 Å². The predicted octanol–water partition coefficient (Wildman–Crippen LogP) is 3.30. The predicted molar refractivity (Wildman–Crippen MR) is 85.6 cm³/mol. The van der Waals surface area contributed by atoms with E-state index in [1.165, 1.54) is 5.56 Å². The first-order chi connectivity index (χ1) is 9.91. The molecule has 0 aromatic heterocycles. The van der Waals surface area contributed by atoms with Crippen LogP contribution < -0.4 is 11.1 Å². The summed E-state index contributed by atoms with van der Waals surface area (Å²) in [5, 5.41) is 14.8. The van der Waals surface area contributed by atoms with Gasteiger partial charge in [0.1, 0.15) is 5.41 Å². The van der Waals surface area contributed by atoms with Crippen molar-refractivity contribution < 1.29 is 10.0 Å². The van der Waals surface area contributed by atoms with E-state index in [0.29, 0.717) is 24.4 Å². The van der Waals surface area contributed by atoms with E-state index in [2.05, 4.69) is 24.3 Å². The van der Waals surface area contributed by atoms with Crippen LogP contribution in [-0.2, 0) is 4.79 Å². The molecule has 0 radical (unpaired) electrons. The Kier molecular flexibility index (Phi) is 5.76. The highest BCUT2D eigenvalue weighted by molar-refractivity contribution is 6.11. The van der Waals surface area contributed by atoms with Crippen LogP contribution in [-0.4, -0.2) is 17.0 Å². The van der Waals surface area contributed by atoms with E-state index in [0.717, 1.165) is 0 Å². The van der Waals surface area contributed by atoms with E-state index in [-0.39, 0.29) is 11.7 Å². The zero-order chi connectivity index (χ0) is 16.0. The lowest BCUT2D eigenvalue weighted by molar-refractivity contribution is -0.122. The Morgan fingerprint density at radius 2 is 1.81 bits per heavy atom. The van der Waals surface area contributed by atoms with Crippen LogP contribution in [0, 0.1) is 5.41 Å². The van der Waals surface area contributed by atoms with E-state index in [4.69, 9.17) is 10.9 Å². The monoisotopic (exact) mass is 291 g/mol. The summed E-state index contributed by atoms with van der Waals surface area (Å²) in [5.41, 5.74) is 6.67. The Morgan fingerprint density at radius 1 is 1.29 bits per heavy atom. The molecular weight excluding hydrogens is 266 g/mol. The lowest BCUT2D eigenvalue weighted by Crippen LogP contribution is -2.46. The highest BCUT2D eigenvalue weighted by Gasteiger charge is 2.39. The second-order valence-corrected chi connectivity index (χ2v) is 5.51. The lowest BCUT2D eigenvalue weighted by Gasteiger charge is -2.28. The average Bonchev–Trinajstić information content (AvgIpc) is 2.49. The van der Waals surface area contributed by atoms with Crippen LogP contribution in [0.1, 0.15) is 52.0 Å². The fraction of sp³-hybridized carbons (Fsp3) is 0.500. The summed E-state index contributed by atoms with van der Waals surface area (Å²) in [5.74, 6) is 0.140. The summed E-state index contributed by atoms with van der Waals surface area (Å²) in [4.78, 5) is 12.5. The molecule has 0 heterocycles. The van der Waals surface area contributed by atoms with Gasteiger partial charge in [-0.1, -0.05) is 45.0 Å². The van der Waals surface area contributed by atoms with Gasteiger partial charge < -0.3 is 16.3 Å². The number of anilines is 1. The molecule has 116 valence electrons. The Morgan fingerprint density at radius 3 is 2.19 bits per heavy atom. The molecule has 4 N–H and O–H groups in total. The van der Waals surface area contributed by atoms with Gasteiger partial charge in [0.25, 0.3) is 0 Å². The Balaban J connectivity index is 2.97. The number of rotatable bonds is 6. The average molecular weight is 291 g/mol. The van der Waals surface area contributed by atoms with Gasteiger partial charge >= 0.3 is 0 Å². The number of oxime groups is 1. The number of benzene rings is 1. The van der Waals surface area contributed by atoms with E-state index in [1.54, 1.807) is 0 Å². The molecule has 1 rings (SSSR count). The Hall–Kier alpha value is -2.04. The van der Waals surface area contributed by atoms with Crippen molar-refractivity contribution in [3.8, 4) is 0 Å². The van der Waals surface area contributed by atoms with Gasteiger partial charge in [-0.3, -0.25) is 4.79 Å². The molecule has 1 aromatic carbocycles. The van der Waals surface area contributed by atoms with Gasteiger partial charge in [0.05, 0.1) is 0 Å². The quantitative estimate of drug-likeness (QED) is 0.325. The largest absolute Gasteiger partial charge is 0.409 e. The molecule has 1 aromatic rings. The molecule has 0 aliphatic heterocycles. The normalized spacial score (nSPS) is 12.5. The summed E-state index contributed by atoms with van der Waals surface area (Å²) < 4.78 is 0. The van der Waals surface area contributed by atoms with Crippen molar-refractivity contribution in [1.29, 1.82) is 0 Å².